The topological polar surface area (TPSA) is 95.7 Å². The molecule has 1 rings (SSSR count). The van der Waals surface area contributed by atoms with Crippen LogP contribution in [0.4, 0.5) is 0 Å². The molecule has 3 N–H and O–H groups in total. The number of rotatable bonds is 6. The summed E-state index contributed by atoms with van der Waals surface area (Å²) >= 11 is 4.77. The molecule has 1 saturated heterocycles. The molecule has 8 heteroatoms. The molecular formula is C13H22N4O3S. The maximum Gasteiger partial charge on any atom is 0.246 e. The molecule has 0 aromatic heterocycles. The van der Waals surface area contributed by atoms with E-state index in [-0.39, 0.29) is 30.7 Å². The third kappa shape index (κ3) is 4.75. The second-order valence-corrected chi connectivity index (χ2v) is 6.16. The molecule has 0 unspecified atom stereocenters. The van der Waals surface area contributed by atoms with E-state index < -0.39 is 5.54 Å². The maximum atomic E-state index is 12.0. The van der Waals surface area contributed by atoms with Crippen molar-refractivity contribution in [1.82, 2.24) is 15.1 Å². The van der Waals surface area contributed by atoms with Crippen LogP contribution >= 0.6 is 12.2 Å². The van der Waals surface area contributed by atoms with Crippen LogP contribution in [-0.2, 0) is 14.4 Å². The normalized spacial score (nSPS) is 18.2. The Balaban J connectivity index is 2.53. The number of hydrogen-bond acceptors (Lipinski definition) is 5. The molecule has 1 aliphatic heterocycles. The molecular weight excluding hydrogens is 292 g/mol. The van der Waals surface area contributed by atoms with Crippen molar-refractivity contribution in [2.45, 2.75) is 32.2 Å². The Labute approximate surface area is 129 Å². The first-order valence-corrected chi connectivity index (χ1v) is 7.17. The standard InChI is InChI=1S/C13H22N4O3S/c1-13(2)12(20)15-10(18)8-17(13)7-5-11(19)16(3)6-4-9(14)21/h4-8H2,1-3H3,(H2,14,21)(H,15,18,20). The van der Waals surface area contributed by atoms with Gasteiger partial charge in [-0.15, -0.1) is 0 Å². The van der Waals surface area contributed by atoms with Gasteiger partial charge < -0.3 is 10.6 Å². The van der Waals surface area contributed by atoms with E-state index in [0.29, 0.717) is 24.5 Å². The fourth-order valence-electron chi connectivity index (χ4n) is 2.02. The predicted molar refractivity (Wildman–Crippen MR) is 82.5 cm³/mol. The summed E-state index contributed by atoms with van der Waals surface area (Å²) in [6.07, 6.45) is 0.714. The third-order valence-electron chi connectivity index (χ3n) is 3.65. The average Bonchev–Trinajstić information content (AvgIpc) is 2.38. The van der Waals surface area contributed by atoms with Crippen molar-refractivity contribution in [1.29, 1.82) is 0 Å². The fraction of sp³-hybridized carbons (Fsp3) is 0.692. The van der Waals surface area contributed by atoms with E-state index >= 15 is 0 Å². The predicted octanol–water partition coefficient (Wildman–Crippen LogP) is -0.752. The van der Waals surface area contributed by atoms with Gasteiger partial charge in [-0.1, -0.05) is 12.2 Å². The summed E-state index contributed by atoms with van der Waals surface area (Å²) in [7, 11) is 1.68. The quantitative estimate of drug-likeness (QED) is 0.495. The highest BCUT2D eigenvalue weighted by atomic mass is 32.1. The summed E-state index contributed by atoms with van der Waals surface area (Å²) in [5, 5.41) is 2.30. The smallest absolute Gasteiger partial charge is 0.246 e. The second-order valence-electron chi connectivity index (χ2n) is 5.64. The number of nitrogens with one attached hydrogen (secondary N) is 1. The number of nitrogens with two attached hydrogens (primary N) is 1. The lowest BCUT2D eigenvalue weighted by Crippen LogP contribution is -2.64. The lowest BCUT2D eigenvalue weighted by atomic mass is 9.98. The molecule has 3 amide bonds. The first-order valence-electron chi connectivity index (χ1n) is 6.76. The molecule has 0 aliphatic carbocycles. The van der Waals surface area contributed by atoms with E-state index in [1.807, 2.05) is 0 Å². The maximum absolute atomic E-state index is 12.0. The summed E-state index contributed by atoms with van der Waals surface area (Å²) < 4.78 is 0. The molecule has 0 aromatic carbocycles. The van der Waals surface area contributed by atoms with E-state index in [4.69, 9.17) is 18.0 Å². The molecule has 0 bridgehead atoms. The van der Waals surface area contributed by atoms with Gasteiger partial charge in [-0.3, -0.25) is 24.6 Å². The number of imide groups is 1. The summed E-state index contributed by atoms with van der Waals surface area (Å²) in [6, 6.07) is 0. The van der Waals surface area contributed by atoms with Crippen LogP contribution in [0.3, 0.4) is 0 Å². The van der Waals surface area contributed by atoms with Crippen LogP contribution in [0.25, 0.3) is 0 Å². The summed E-state index contributed by atoms with van der Waals surface area (Å²) in [5.74, 6) is -0.748. The molecule has 0 saturated carbocycles. The Hall–Kier alpha value is -1.54. The first kappa shape index (κ1) is 17.5. The van der Waals surface area contributed by atoms with Crippen LogP contribution in [0.15, 0.2) is 0 Å². The highest BCUT2D eigenvalue weighted by Crippen LogP contribution is 2.18. The van der Waals surface area contributed by atoms with E-state index in [1.165, 1.54) is 0 Å². The molecule has 21 heavy (non-hydrogen) atoms. The molecule has 7 nitrogen and oxygen atoms in total. The molecule has 0 radical (unpaired) electrons. The third-order valence-corrected chi connectivity index (χ3v) is 3.85. The number of hydrogen-bond donors (Lipinski definition) is 2. The Bertz CT molecular complexity index is 464. The number of piperazine rings is 1. The zero-order chi connectivity index (χ0) is 16.2. The van der Waals surface area contributed by atoms with Crippen molar-refractivity contribution in [3.05, 3.63) is 0 Å². The molecule has 0 atom stereocenters. The molecule has 1 aliphatic rings. The Morgan fingerprint density at radius 3 is 2.62 bits per heavy atom. The minimum absolute atomic E-state index is 0.0690. The van der Waals surface area contributed by atoms with Crippen LogP contribution < -0.4 is 11.1 Å². The summed E-state index contributed by atoms with van der Waals surface area (Å²) in [5.41, 5.74) is 4.60. The largest absolute Gasteiger partial charge is 0.393 e. The van der Waals surface area contributed by atoms with Gasteiger partial charge in [-0.2, -0.15) is 0 Å². The van der Waals surface area contributed by atoms with E-state index in [9.17, 15) is 14.4 Å². The average molecular weight is 314 g/mol. The van der Waals surface area contributed by atoms with Gasteiger partial charge in [-0.25, -0.2) is 0 Å². The van der Waals surface area contributed by atoms with Crippen LogP contribution in [0, 0.1) is 0 Å². The molecule has 1 heterocycles. The fourth-order valence-corrected chi connectivity index (χ4v) is 2.11. The zero-order valence-electron chi connectivity index (χ0n) is 12.6. The van der Waals surface area contributed by atoms with Crippen molar-refractivity contribution >= 4 is 34.9 Å². The lowest BCUT2D eigenvalue weighted by Gasteiger charge is -2.40. The van der Waals surface area contributed by atoms with Crippen LogP contribution in [0.1, 0.15) is 26.7 Å². The number of carbonyl (C=O) groups is 3. The summed E-state index contributed by atoms with van der Waals surface area (Å²) in [6.45, 7) is 4.40. The van der Waals surface area contributed by atoms with Gasteiger partial charge in [0, 0.05) is 33.0 Å². The Kier molecular flexibility index (Phi) is 5.79. The minimum atomic E-state index is -0.800. The zero-order valence-corrected chi connectivity index (χ0v) is 13.5. The van der Waals surface area contributed by atoms with Gasteiger partial charge in [0.2, 0.25) is 17.7 Å². The first-order chi connectivity index (χ1) is 9.64. The number of nitrogens with zero attached hydrogens (tertiary/aromatic N) is 2. The van der Waals surface area contributed by atoms with Crippen LogP contribution in [0.2, 0.25) is 0 Å². The van der Waals surface area contributed by atoms with Gasteiger partial charge >= 0.3 is 0 Å². The van der Waals surface area contributed by atoms with Gasteiger partial charge in [-0.05, 0) is 13.8 Å². The van der Waals surface area contributed by atoms with Crippen LogP contribution in [-0.4, -0.2) is 64.7 Å². The van der Waals surface area contributed by atoms with Crippen molar-refractivity contribution in [2.75, 3.05) is 26.7 Å². The highest BCUT2D eigenvalue weighted by molar-refractivity contribution is 7.80. The van der Waals surface area contributed by atoms with E-state index in [0.717, 1.165) is 0 Å². The Morgan fingerprint density at radius 2 is 2.05 bits per heavy atom. The number of carbonyl (C=O) groups excluding carboxylic acids is 3. The summed E-state index contributed by atoms with van der Waals surface area (Å²) in [4.78, 5) is 38.9. The SMILES string of the molecule is CN(CCC(N)=S)C(=O)CCN1CC(=O)NC(=O)C1(C)C. The van der Waals surface area contributed by atoms with Crippen molar-refractivity contribution in [2.24, 2.45) is 5.73 Å². The van der Waals surface area contributed by atoms with E-state index in [1.54, 1.807) is 30.7 Å². The Morgan fingerprint density at radius 1 is 1.43 bits per heavy atom. The van der Waals surface area contributed by atoms with Crippen molar-refractivity contribution in [3.63, 3.8) is 0 Å². The molecule has 0 spiro atoms. The highest BCUT2D eigenvalue weighted by Gasteiger charge is 2.40. The van der Waals surface area contributed by atoms with Gasteiger partial charge in [0.15, 0.2) is 0 Å². The van der Waals surface area contributed by atoms with Gasteiger partial charge in [0.1, 0.15) is 0 Å². The lowest BCUT2D eigenvalue weighted by molar-refractivity contribution is -0.146. The van der Waals surface area contributed by atoms with Crippen molar-refractivity contribution in [3.8, 4) is 0 Å². The number of amides is 3. The molecule has 1 fully saturated rings. The van der Waals surface area contributed by atoms with Gasteiger partial charge in [0.05, 0.1) is 17.1 Å². The van der Waals surface area contributed by atoms with Gasteiger partial charge in [0.25, 0.3) is 0 Å². The monoisotopic (exact) mass is 314 g/mol. The van der Waals surface area contributed by atoms with E-state index in [2.05, 4.69) is 5.32 Å². The van der Waals surface area contributed by atoms with Crippen LogP contribution in [0.5, 0.6) is 0 Å². The number of thiocarbonyl (C=S) groups is 1. The van der Waals surface area contributed by atoms with Crippen molar-refractivity contribution < 1.29 is 14.4 Å². The minimum Gasteiger partial charge on any atom is -0.393 e. The second kappa shape index (κ2) is 6.95. The molecule has 0 aromatic rings. The molecule has 118 valence electrons.